The number of rotatable bonds is 4. The number of hydrogen-bond donors (Lipinski definition) is 3. The molecule has 3 N–H and O–H groups in total. The minimum Gasteiger partial charge on any atom is -0.327 e. The SMILES string of the molecule is CC1=C(C(=O)Nc2cccc(C(F)(F)F)c2)[C@H](c2ccc([N+](=O)[O-])cc2)NC(=O)N1. The van der Waals surface area contributed by atoms with Crippen LogP contribution >= 0.6 is 0 Å². The monoisotopic (exact) mass is 420 g/mol. The van der Waals surface area contributed by atoms with Gasteiger partial charge in [0.25, 0.3) is 11.6 Å². The summed E-state index contributed by atoms with van der Waals surface area (Å²) in [6.45, 7) is 1.47. The van der Waals surface area contributed by atoms with Crippen molar-refractivity contribution in [2.75, 3.05) is 5.32 Å². The summed E-state index contributed by atoms with van der Waals surface area (Å²) in [5.74, 6) is -0.734. The maximum Gasteiger partial charge on any atom is 0.416 e. The lowest BCUT2D eigenvalue weighted by atomic mass is 9.94. The fourth-order valence-electron chi connectivity index (χ4n) is 3.01. The molecular weight excluding hydrogens is 405 g/mol. The minimum atomic E-state index is -4.57. The Labute approximate surface area is 167 Å². The van der Waals surface area contributed by atoms with Crippen LogP contribution in [0.3, 0.4) is 0 Å². The van der Waals surface area contributed by atoms with Crippen LogP contribution in [0.15, 0.2) is 59.8 Å². The number of hydrogen-bond acceptors (Lipinski definition) is 4. The first-order valence-corrected chi connectivity index (χ1v) is 8.57. The molecule has 0 aromatic heterocycles. The molecule has 0 unspecified atom stereocenters. The highest BCUT2D eigenvalue weighted by Crippen LogP contribution is 2.32. The molecule has 1 aliphatic rings. The number of halogens is 3. The molecule has 8 nitrogen and oxygen atoms in total. The lowest BCUT2D eigenvalue weighted by Crippen LogP contribution is -2.45. The number of urea groups is 1. The van der Waals surface area contributed by atoms with E-state index in [1.807, 2.05) is 0 Å². The number of nitro benzene ring substituents is 1. The van der Waals surface area contributed by atoms with E-state index in [9.17, 15) is 32.9 Å². The first-order chi connectivity index (χ1) is 14.1. The lowest BCUT2D eigenvalue weighted by Gasteiger charge is -2.28. The largest absolute Gasteiger partial charge is 0.416 e. The number of nitrogens with one attached hydrogen (secondary N) is 3. The molecule has 0 fully saturated rings. The molecule has 30 heavy (non-hydrogen) atoms. The molecule has 0 radical (unpaired) electrons. The van der Waals surface area contributed by atoms with Crippen molar-refractivity contribution in [3.63, 3.8) is 0 Å². The summed E-state index contributed by atoms with van der Waals surface area (Å²) in [5.41, 5.74) is -0.520. The Morgan fingerprint density at radius 1 is 1.17 bits per heavy atom. The van der Waals surface area contributed by atoms with Gasteiger partial charge in [0.05, 0.1) is 22.1 Å². The van der Waals surface area contributed by atoms with Crippen LogP contribution in [0, 0.1) is 10.1 Å². The number of non-ortho nitro benzene ring substituents is 1. The van der Waals surface area contributed by atoms with E-state index in [1.165, 1.54) is 37.3 Å². The molecule has 2 aromatic carbocycles. The number of carbonyl (C=O) groups excluding carboxylic acids is 2. The first-order valence-electron chi connectivity index (χ1n) is 8.57. The Hall–Kier alpha value is -3.89. The average Bonchev–Trinajstić information content (AvgIpc) is 2.67. The van der Waals surface area contributed by atoms with Crippen LogP contribution in [0.4, 0.5) is 29.3 Å². The predicted molar refractivity (Wildman–Crippen MR) is 100 cm³/mol. The Kier molecular flexibility index (Phi) is 5.45. The van der Waals surface area contributed by atoms with Gasteiger partial charge in [-0.15, -0.1) is 0 Å². The Morgan fingerprint density at radius 3 is 2.43 bits per heavy atom. The van der Waals surface area contributed by atoms with Crippen molar-refractivity contribution >= 4 is 23.3 Å². The number of alkyl halides is 3. The second kappa shape index (κ2) is 7.85. The van der Waals surface area contributed by atoms with Crippen molar-refractivity contribution in [2.24, 2.45) is 0 Å². The summed E-state index contributed by atoms with van der Waals surface area (Å²) in [5, 5.41) is 18.2. The maximum absolute atomic E-state index is 12.9. The summed E-state index contributed by atoms with van der Waals surface area (Å²) in [6, 6.07) is 7.82. The molecule has 0 aliphatic carbocycles. The Bertz CT molecular complexity index is 1050. The van der Waals surface area contributed by atoms with Gasteiger partial charge in [-0.05, 0) is 42.8 Å². The van der Waals surface area contributed by atoms with E-state index < -0.39 is 34.6 Å². The maximum atomic E-state index is 12.9. The molecule has 2 aromatic rings. The van der Waals surface area contributed by atoms with E-state index in [0.29, 0.717) is 5.56 Å². The standard InChI is InChI=1S/C19H15F3N4O4/c1-10-15(17(27)24-13-4-2-3-12(9-13)19(20,21)22)16(25-18(28)23-10)11-5-7-14(8-6-11)26(29)30/h2-9,16H,1H3,(H,24,27)(H2,23,25,28)/t16-/m0/s1. The van der Waals surface area contributed by atoms with Crippen molar-refractivity contribution in [3.8, 4) is 0 Å². The third kappa shape index (κ3) is 4.40. The predicted octanol–water partition coefficient (Wildman–Crippen LogP) is 3.88. The normalized spacial score (nSPS) is 16.5. The highest BCUT2D eigenvalue weighted by molar-refractivity contribution is 6.06. The molecule has 0 bridgehead atoms. The number of nitro groups is 1. The molecule has 1 heterocycles. The Balaban J connectivity index is 1.92. The summed E-state index contributed by atoms with van der Waals surface area (Å²) < 4.78 is 38.7. The molecule has 1 atom stereocenters. The minimum absolute atomic E-state index is 0.0564. The first kappa shape index (κ1) is 20.8. The van der Waals surface area contributed by atoms with Gasteiger partial charge < -0.3 is 16.0 Å². The van der Waals surface area contributed by atoms with E-state index in [0.717, 1.165) is 18.2 Å². The summed E-state index contributed by atoms with van der Waals surface area (Å²) >= 11 is 0. The van der Waals surface area contributed by atoms with E-state index in [1.54, 1.807) is 0 Å². The van der Waals surface area contributed by atoms with Gasteiger partial charge in [-0.2, -0.15) is 13.2 Å². The number of amides is 3. The van der Waals surface area contributed by atoms with Crippen molar-refractivity contribution in [1.29, 1.82) is 0 Å². The third-order valence-electron chi connectivity index (χ3n) is 4.40. The van der Waals surface area contributed by atoms with Gasteiger partial charge in [0.1, 0.15) is 0 Å². The van der Waals surface area contributed by atoms with Crippen LogP contribution in [0.5, 0.6) is 0 Å². The van der Waals surface area contributed by atoms with Crippen LogP contribution in [-0.2, 0) is 11.0 Å². The van der Waals surface area contributed by atoms with Crippen molar-refractivity contribution in [3.05, 3.63) is 81.0 Å². The average molecular weight is 420 g/mol. The zero-order valence-corrected chi connectivity index (χ0v) is 15.4. The molecule has 3 amide bonds. The quantitative estimate of drug-likeness (QED) is 0.515. The van der Waals surface area contributed by atoms with Crippen LogP contribution in [0.2, 0.25) is 0 Å². The number of benzene rings is 2. The van der Waals surface area contributed by atoms with Crippen LogP contribution < -0.4 is 16.0 Å². The molecule has 0 saturated heterocycles. The molecule has 11 heteroatoms. The number of nitrogens with zero attached hydrogens (tertiary/aromatic N) is 1. The highest BCUT2D eigenvalue weighted by atomic mass is 19.4. The fourth-order valence-corrected chi connectivity index (χ4v) is 3.01. The smallest absolute Gasteiger partial charge is 0.327 e. The van der Waals surface area contributed by atoms with E-state index in [4.69, 9.17) is 0 Å². The van der Waals surface area contributed by atoms with Crippen LogP contribution in [0.1, 0.15) is 24.1 Å². The molecule has 0 saturated carbocycles. The van der Waals surface area contributed by atoms with Crippen molar-refractivity contribution in [1.82, 2.24) is 10.6 Å². The number of carbonyl (C=O) groups is 2. The van der Waals surface area contributed by atoms with Gasteiger partial charge in [0.15, 0.2) is 0 Å². The molecule has 1 aliphatic heterocycles. The fraction of sp³-hybridized carbons (Fsp3) is 0.158. The van der Waals surface area contributed by atoms with Gasteiger partial charge in [-0.25, -0.2) is 4.79 Å². The number of allylic oxidation sites excluding steroid dienone is 1. The van der Waals surface area contributed by atoms with Gasteiger partial charge in [-0.1, -0.05) is 6.07 Å². The van der Waals surface area contributed by atoms with Crippen LogP contribution in [-0.4, -0.2) is 16.9 Å². The van der Waals surface area contributed by atoms with Gasteiger partial charge >= 0.3 is 12.2 Å². The third-order valence-corrected chi connectivity index (χ3v) is 4.40. The molecule has 0 spiro atoms. The number of anilines is 1. The second-order valence-electron chi connectivity index (χ2n) is 6.45. The van der Waals surface area contributed by atoms with E-state index in [2.05, 4.69) is 16.0 Å². The van der Waals surface area contributed by atoms with Gasteiger partial charge in [0, 0.05) is 23.5 Å². The highest BCUT2D eigenvalue weighted by Gasteiger charge is 2.33. The summed E-state index contributed by atoms with van der Waals surface area (Å²) in [4.78, 5) is 35.0. The topological polar surface area (TPSA) is 113 Å². The van der Waals surface area contributed by atoms with Gasteiger partial charge in [-0.3, -0.25) is 14.9 Å². The second-order valence-corrected chi connectivity index (χ2v) is 6.45. The van der Waals surface area contributed by atoms with Crippen LogP contribution in [0.25, 0.3) is 0 Å². The molecule has 156 valence electrons. The lowest BCUT2D eigenvalue weighted by molar-refractivity contribution is -0.384. The molecular formula is C19H15F3N4O4. The van der Waals surface area contributed by atoms with Gasteiger partial charge in [0.2, 0.25) is 0 Å². The van der Waals surface area contributed by atoms with Crippen molar-refractivity contribution < 1.29 is 27.7 Å². The van der Waals surface area contributed by atoms with E-state index in [-0.39, 0.29) is 22.6 Å². The zero-order chi connectivity index (χ0) is 22.1. The Morgan fingerprint density at radius 2 is 1.83 bits per heavy atom. The zero-order valence-electron chi connectivity index (χ0n) is 15.4. The summed E-state index contributed by atoms with van der Waals surface area (Å²) in [6.07, 6.45) is -4.57. The molecule has 3 rings (SSSR count). The summed E-state index contributed by atoms with van der Waals surface area (Å²) in [7, 11) is 0. The van der Waals surface area contributed by atoms with Crippen molar-refractivity contribution in [2.45, 2.75) is 19.1 Å². The van der Waals surface area contributed by atoms with E-state index >= 15 is 0 Å².